The summed E-state index contributed by atoms with van der Waals surface area (Å²) in [5, 5.41) is 13.0. The summed E-state index contributed by atoms with van der Waals surface area (Å²) in [5.74, 6) is -0.451. The molecule has 0 fully saturated rings. The minimum Gasteiger partial charge on any atom is -0.456 e. The van der Waals surface area contributed by atoms with Crippen LogP contribution in [0.4, 0.5) is 17.6 Å². The molecule has 1 aliphatic rings. The molecule has 0 amide bonds. The van der Waals surface area contributed by atoms with Crippen LogP contribution in [0.1, 0.15) is 11.1 Å². The van der Waals surface area contributed by atoms with E-state index in [2.05, 4.69) is 21.0 Å². The zero-order valence-corrected chi connectivity index (χ0v) is 15.3. The van der Waals surface area contributed by atoms with Gasteiger partial charge in [-0.25, -0.2) is 4.39 Å². The van der Waals surface area contributed by atoms with Gasteiger partial charge in [0, 0.05) is 5.56 Å². The highest BCUT2D eigenvalue weighted by atomic mass is 79.9. The summed E-state index contributed by atoms with van der Waals surface area (Å²) in [6.45, 7) is 0. The second kappa shape index (κ2) is 7.12. The molecular formula is C18H11BrF4N3O+. The van der Waals surface area contributed by atoms with Gasteiger partial charge in [-0.1, -0.05) is 38.8 Å². The van der Waals surface area contributed by atoms with E-state index in [1.807, 2.05) is 6.07 Å². The number of nitrogens with zero attached hydrogens (tertiary/aromatic N) is 3. The first-order chi connectivity index (χ1) is 12.7. The number of para-hydroxylation sites is 1. The maximum Gasteiger partial charge on any atom is 0.477 e. The van der Waals surface area contributed by atoms with E-state index in [1.54, 1.807) is 30.3 Å². The predicted molar refractivity (Wildman–Crippen MR) is 94.1 cm³/mol. The number of hydrazone groups is 1. The van der Waals surface area contributed by atoms with E-state index in [1.165, 1.54) is 6.07 Å². The lowest BCUT2D eigenvalue weighted by atomic mass is 10.0. The molecule has 1 atom stereocenters. The Hall–Kier alpha value is -2.73. The minimum atomic E-state index is -4.64. The van der Waals surface area contributed by atoms with E-state index in [4.69, 9.17) is 4.74 Å². The Kier molecular flexibility index (Phi) is 5.02. The maximum absolute atomic E-state index is 14.5. The molecular weight excluding hydrogens is 430 g/mol. The van der Waals surface area contributed by atoms with Gasteiger partial charge in [-0.3, -0.25) is 0 Å². The van der Waals surface area contributed by atoms with Crippen LogP contribution in [-0.2, 0) is 0 Å². The lowest BCUT2D eigenvalue weighted by molar-refractivity contribution is -0.506. The van der Waals surface area contributed by atoms with Crippen molar-refractivity contribution in [3.05, 3.63) is 59.4 Å². The van der Waals surface area contributed by atoms with Crippen LogP contribution in [-0.4, -0.2) is 34.2 Å². The van der Waals surface area contributed by atoms with Crippen molar-refractivity contribution in [1.82, 2.24) is 0 Å². The number of hydrogen-bond acceptors (Lipinski definition) is 3. The number of nitriles is 1. The Balaban J connectivity index is 2.04. The first-order valence-electron chi connectivity index (χ1n) is 7.59. The lowest BCUT2D eigenvalue weighted by Crippen LogP contribution is -2.36. The second-order valence-corrected chi connectivity index (χ2v) is 6.53. The summed E-state index contributed by atoms with van der Waals surface area (Å²) >= 11 is 2.94. The van der Waals surface area contributed by atoms with Crippen molar-refractivity contribution >= 4 is 27.4 Å². The molecule has 4 nitrogen and oxygen atoms in total. The van der Waals surface area contributed by atoms with Gasteiger partial charge >= 0.3 is 11.9 Å². The predicted octanol–water partition coefficient (Wildman–Crippen LogP) is 4.62. The summed E-state index contributed by atoms with van der Waals surface area (Å²) in [7, 11) is 1.13. The van der Waals surface area contributed by atoms with Crippen molar-refractivity contribution in [3.8, 4) is 17.6 Å². The molecule has 0 aliphatic carbocycles. The van der Waals surface area contributed by atoms with Gasteiger partial charge in [0.25, 0.3) is 0 Å². The van der Waals surface area contributed by atoms with Crippen LogP contribution in [0, 0.1) is 17.1 Å². The van der Waals surface area contributed by atoms with Crippen molar-refractivity contribution in [2.75, 3.05) is 7.05 Å². The topological polar surface area (TPSA) is 48.4 Å². The van der Waals surface area contributed by atoms with Gasteiger partial charge in [0.2, 0.25) is 0 Å². The average molecular weight is 441 g/mol. The number of rotatable bonds is 3. The molecule has 0 aromatic heterocycles. The molecule has 27 heavy (non-hydrogen) atoms. The first-order valence-corrected chi connectivity index (χ1v) is 8.51. The Labute approximate surface area is 160 Å². The van der Waals surface area contributed by atoms with E-state index < -0.39 is 22.5 Å². The molecule has 1 aliphatic heterocycles. The fourth-order valence-electron chi connectivity index (χ4n) is 2.61. The van der Waals surface area contributed by atoms with E-state index in [-0.39, 0.29) is 22.6 Å². The van der Waals surface area contributed by atoms with Crippen LogP contribution in [0.25, 0.3) is 0 Å². The zero-order valence-electron chi connectivity index (χ0n) is 13.8. The zero-order chi connectivity index (χ0) is 19.8. The molecule has 1 heterocycles. The highest BCUT2D eigenvalue weighted by Gasteiger charge is 2.53. The SMILES string of the molecule is C[N+]1=C(C(F)(F)F)C(Br)C(c2cc(Oc3ccccc3)c(C#N)cc2F)=N1. The summed E-state index contributed by atoms with van der Waals surface area (Å²) in [6.07, 6.45) is -4.64. The average Bonchev–Trinajstić information content (AvgIpc) is 2.91. The van der Waals surface area contributed by atoms with Crippen LogP contribution in [0.2, 0.25) is 0 Å². The summed E-state index contributed by atoms with van der Waals surface area (Å²) in [6, 6.07) is 12.4. The molecule has 2 aromatic carbocycles. The quantitative estimate of drug-likeness (QED) is 0.397. The second-order valence-electron chi connectivity index (χ2n) is 5.61. The molecule has 1 unspecified atom stereocenters. The van der Waals surface area contributed by atoms with Crippen molar-refractivity contribution in [3.63, 3.8) is 0 Å². The third kappa shape index (κ3) is 3.71. The molecule has 0 saturated heterocycles. The normalized spacial score (nSPS) is 16.9. The largest absolute Gasteiger partial charge is 0.477 e. The van der Waals surface area contributed by atoms with Crippen LogP contribution in [0.5, 0.6) is 11.5 Å². The van der Waals surface area contributed by atoms with Gasteiger partial charge in [0.05, 0.1) is 5.56 Å². The van der Waals surface area contributed by atoms with Crippen molar-refractivity contribution in [1.29, 1.82) is 5.26 Å². The van der Waals surface area contributed by atoms with E-state index in [0.717, 1.165) is 13.1 Å². The minimum absolute atomic E-state index is 0.0191. The smallest absolute Gasteiger partial charge is 0.456 e. The van der Waals surface area contributed by atoms with Crippen LogP contribution >= 0.6 is 15.9 Å². The van der Waals surface area contributed by atoms with E-state index in [0.29, 0.717) is 10.4 Å². The van der Waals surface area contributed by atoms with Gasteiger partial charge < -0.3 is 4.74 Å². The molecule has 9 heteroatoms. The Bertz CT molecular complexity index is 994. The summed E-state index contributed by atoms with van der Waals surface area (Å²) in [4.78, 5) is -1.35. The molecule has 0 radical (unpaired) electrons. The summed E-state index contributed by atoms with van der Waals surface area (Å²) < 4.78 is 60.4. The molecule has 0 saturated carbocycles. The van der Waals surface area contributed by atoms with Crippen LogP contribution in [0.15, 0.2) is 47.6 Å². The standard InChI is InChI=1S/C18H11BrF4N3O/c1-26-17(18(21,22)23)15(19)16(25-26)12-8-14(10(9-24)7-13(12)20)27-11-5-3-2-4-6-11/h2-8,15H,1H3/q+1. The molecule has 138 valence electrons. The number of hydrogen-bond donors (Lipinski definition) is 0. The molecule has 0 N–H and O–H groups in total. The fourth-order valence-corrected chi connectivity index (χ4v) is 3.51. The Morgan fingerprint density at radius 3 is 2.44 bits per heavy atom. The molecule has 3 rings (SSSR count). The lowest BCUT2D eigenvalue weighted by Gasteiger charge is -2.12. The highest BCUT2D eigenvalue weighted by Crippen LogP contribution is 2.33. The number of halogens is 5. The maximum atomic E-state index is 14.5. The highest BCUT2D eigenvalue weighted by molar-refractivity contribution is 9.10. The van der Waals surface area contributed by atoms with Crippen LogP contribution < -0.4 is 4.74 Å². The Morgan fingerprint density at radius 1 is 1.22 bits per heavy atom. The van der Waals surface area contributed by atoms with Crippen molar-refractivity contribution in [2.24, 2.45) is 5.10 Å². The third-order valence-corrected chi connectivity index (χ3v) is 4.68. The molecule has 0 bridgehead atoms. The van der Waals surface area contributed by atoms with E-state index in [9.17, 15) is 22.8 Å². The van der Waals surface area contributed by atoms with Crippen molar-refractivity contribution in [2.45, 2.75) is 11.0 Å². The molecule has 0 spiro atoms. The van der Waals surface area contributed by atoms with Crippen molar-refractivity contribution < 1.29 is 27.0 Å². The van der Waals surface area contributed by atoms with Gasteiger partial charge in [0.15, 0.2) is 11.9 Å². The van der Waals surface area contributed by atoms with Gasteiger partial charge in [-0.15, -0.1) is 0 Å². The van der Waals surface area contributed by atoms with Crippen LogP contribution in [0.3, 0.4) is 0 Å². The Morgan fingerprint density at radius 2 is 1.89 bits per heavy atom. The first kappa shape index (κ1) is 19.0. The monoisotopic (exact) mass is 440 g/mol. The van der Waals surface area contributed by atoms with Gasteiger partial charge in [-0.2, -0.15) is 18.4 Å². The number of ether oxygens (including phenoxy) is 1. The fraction of sp³-hybridized carbons (Fsp3) is 0.167. The molecule has 2 aromatic rings. The van der Waals surface area contributed by atoms with E-state index >= 15 is 0 Å². The summed E-state index contributed by atoms with van der Waals surface area (Å²) in [5.41, 5.74) is -1.40. The number of alkyl halides is 4. The van der Waals surface area contributed by atoms with Gasteiger partial charge in [-0.05, 0) is 29.4 Å². The number of benzene rings is 2. The third-order valence-electron chi connectivity index (χ3n) is 3.81. The van der Waals surface area contributed by atoms with Gasteiger partial charge in [0.1, 0.15) is 29.1 Å².